The van der Waals surface area contributed by atoms with E-state index in [0.717, 1.165) is 11.3 Å². The molecular formula is C24H25N3O8. The number of urea groups is 1. The Bertz CT molecular complexity index is 1180. The molecule has 0 aliphatic rings. The summed E-state index contributed by atoms with van der Waals surface area (Å²) in [5.74, 6) is 0.404. The third-order valence-electron chi connectivity index (χ3n) is 4.89. The molecule has 1 aromatic heterocycles. The summed E-state index contributed by atoms with van der Waals surface area (Å²) in [7, 11) is 2.96. The van der Waals surface area contributed by atoms with Crippen molar-refractivity contribution in [1.29, 1.82) is 0 Å². The van der Waals surface area contributed by atoms with Crippen LogP contribution in [0.1, 0.15) is 27.4 Å². The molecule has 1 heterocycles. The summed E-state index contributed by atoms with van der Waals surface area (Å²) < 4.78 is 26.2. The van der Waals surface area contributed by atoms with Gasteiger partial charge in [0.05, 0.1) is 31.0 Å². The molecule has 0 fully saturated rings. The Balaban J connectivity index is 1.51. The normalized spacial score (nSPS) is 10.3. The number of hydrogen-bond donors (Lipinski definition) is 2. The predicted octanol–water partition coefficient (Wildman–Crippen LogP) is 3.39. The first-order valence-electron chi connectivity index (χ1n) is 10.4. The number of nitrogens with zero attached hydrogens (tertiary/aromatic N) is 1. The average Bonchev–Trinajstić information content (AvgIpc) is 3.18. The van der Waals surface area contributed by atoms with Crippen LogP contribution in [0.25, 0.3) is 0 Å². The van der Waals surface area contributed by atoms with Gasteiger partial charge >= 0.3 is 12.0 Å². The molecule has 3 aromatic rings. The number of ether oxygens (including phenoxy) is 4. The highest BCUT2D eigenvalue weighted by Gasteiger charge is 2.17. The number of carbonyl (C=O) groups is 3. The molecular weight excluding hydrogens is 458 g/mol. The van der Waals surface area contributed by atoms with Gasteiger partial charge in [0, 0.05) is 5.69 Å². The Morgan fingerprint density at radius 1 is 0.971 bits per heavy atom. The second kappa shape index (κ2) is 11.5. The molecule has 184 valence electrons. The second-order valence-corrected chi connectivity index (χ2v) is 7.26. The third kappa shape index (κ3) is 6.73. The van der Waals surface area contributed by atoms with Gasteiger partial charge in [0.1, 0.15) is 18.1 Å². The van der Waals surface area contributed by atoms with Crippen LogP contribution in [0.2, 0.25) is 0 Å². The Hall–Kier alpha value is -4.54. The average molecular weight is 483 g/mol. The lowest BCUT2D eigenvalue weighted by Crippen LogP contribution is -2.37. The van der Waals surface area contributed by atoms with E-state index in [1.54, 1.807) is 37.3 Å². The Kier molecular flexibility index (Phi) is 8.28. The summed E-state index contributed by atoms with van der Waals surface area (Å²) in [5.41, 5.74) is 2.13. The maximum absolute atomic E-state index is 12.4. The SMILES string of the molecule is COc1ccc(NC(=O)NC(=O)COC(=O)c2ccc(OCc3c(C)noc3C)c(OC)c2)cc1. The number of nitrogens with one attached hydrogen (secondary N) is 2. The first kappa shape index (κ1) is 25.1. The highest BCUT2D eigenvalue weighted by molar-refractivity contribution is 6.02. The van der Waals surface area contributed by atoms with E-state index in [1.807, 2.05) is 6.92 Å². The van der Waals surface area contributed by atoms with Crippen molar-refractivity contribution in [2.24, 2.45) is 0 Å². The lowest BCUT2D eigenvalue weighted by atomic mass is 10.2. The Morgan fingerprint density at radius 2 is 1.71 bits per heavy atom. The lowest BCUT2D eigenvalue weighted by molar-refractivity contribution is -0.123. The number of imide groups is 1. The van der Waals surface area contributed by atoms with Crippen molar-refractivity contribution in [3.8, 4) is 17.2 Å². The van der Waals surface area contributed by atoms with Crippen LogP contribution in [0, 0.1) is 13.8 Å². The number of hydrogen-bond acceptors (Lipinski definition) is 9. The van der Waals surface area contributed by atoms with E-state index in [0.29, 0.717) is 28.7 Å². The zero-order chi connectivity index (χ0) is 25.4. The number of rotatable bonds is 9. The summed E-state index contributed by atoms with van der Waals surface area (Å²) in [4.78, 5) is 36.3. The molecule has 11 nitrogen and oxygen atoms in total. The molecule has 35 heavy (non-hydrogen) atoms. The maximum atomic E-state index is 12.4. The summed E-state index contributed by atoms with van der Waals surface area (Å²) in [6.07, 6.45) is 0. The zero-order valence-electron chi connectivity index (χ0n) is 19.7. The fraction of sp³-hybridized carbons (Fsp3) is 0.250. The smallest absolute Gasteiger partial charge is 0.338 e. The molecule has 0 bridgehead atoms. The van der Waals surface area contributed by atoms with Crippen molar-refractivity contribution in [3.05, 3.63) is 65.0 Å². The summed E-state index contributed by atoms with van der Waals surface area (Å²) in [5, 5.41) is 8.44. The van der Waals surface area contributed by atoms with Gasteiger partial charge in [0.15, 0.2) is 18.1 Å². The summed E-state index contributed by atoms with van der Waals surface area (Å²) in [6, 6.07) is 10.2. The number of amides is 3. The van der Waals surface area contributed by atoms with Crippen molar-refractivity contribution in [2.45, 2.75) is 20.5 Å². The topological polar surface area (TPSA) is 138 Å². The minimum atomic E-state index is -0.796. The molecule has 0 aliphatic carbocycles. The minimum absolute atomic E-state index is 0.141. The quantitative estimate of drug-likeness (QED) is 0.439. The molecule has 0 spiro atoms. The van der Waals surface area contributed by atoms with Gasteiger partial charge in [-0.1, -0.05) is 5.16 Å². The third-order valence-corrected chi connectivity index (χ3v) is 4.89. The molecule has 0 unspecified atom stereocenters. The van der Waals surface area contributed by atoms with Gasteiger partial charge in [0.25, 0.3) is 5.91 Å². The van der Waals surface area contributed by atoms with Crippen LogP contribution in [0.4, 0.5) is 10.5 Å². The number of aryl methyl sites for hydroxylation is 2. The molecule has 2 aromatic carbocycles. The summed E-state index contributed by atoms with van der Waals surface area (Å²) in [6.45, 7) is 3.15. The number of benzene rings is 2. The Labute approximate surface area is 201 Å². The number of methoxy groups -OCH3 is 2. The van der Waals surface area contributed by atoms with E-state index in [1.165, 1.54) is 26.4 Å². The van der Waals surface area contributed by atoms with Crippen molar-refractivity contribution < 1.29 is 37.9 Å². The summed E-state index contributed by atoms with van der Waals surface area (Å²) >= 11 is 0. The lowest BCUT2D eigenvalue weighted by Gasteiger charge is -2.12. The second-order valence-electron chi connectivity index (χ2n) is 7.26. The predicted molar refractivity (Wildman–Crippen MR) is 124 cm³/mol. The number of aromatic nitrogens is 1. The van der Waals surface area contributed by atoms with Crippen molar-refractivity contribution in [2.75, 3.05) is 26.1 Å². The first-order chi connectivity index (χ1) is 16.8. The van der Waals surface area contributed by atoms with Gasteiger partial charge in [-0.15, -0.1) is 0 Å². The fourth-order valence-electron chi connectivity index (χ4n) is 2.99. The molecule has 11 heteroatoms. The largest absolute Gasteiger partial charge is 0.497 e. The van der Waals surface area contributed by atoms with Crippen LogP contribution in [0.5, 0.6) is 17.2 Å². The molecule has 3 rings (SSSR count). The van der Waals surface area contributed by atoms with E-state index < -0.39 is 24.5 Å². The van der Waals surface area contributed by atoms with Gasteiger partial charge in [-0.05, 0) is 56.3 Å². The van der Waals surface area contributed by atoms with E-state index in [2.05, 4.69) is 15.8 Å². The molecule has 0 atom stereocenters. The number of anilines is 1. The van der Waals surface area contributed by atoms with Gasteiger partial charge < -0.3 is 28.8 Å². The molecule has 3 amide bonds. The van der Waals surface area contributed by atoms with Crippen LogP contribution in [0.15, 0.2) is 47.0 Å². The van der Waals surface area contributed by atoms with Crippen molar-refractivity contribution >= 4 is 23.6 Å². The molecule has 0 saturated heterocycles. The van der Waals surface area contributed by atoms with Gasteiger partial charge in [0.2, 0.25) is 0 Å². The van der Waals surface area contributed by atoms with E-state index in [9.17, 15) is 14.4 Å². The highest BCUT2D eigenvalue weighted by Crippen LogP contribution is 2.29. The monoisotopic (exact) mass is 483 g/mol. The van der Waals surface area contributed by atoms with Crippen LogP contribution in [-0.2, 0) is 16.1 Å². The van der Waals surface area contributed by atoms with Crippen LogP contribution >= 0.6 is 0 Å². The van der Waals surface area contributed by atoms with E-state index >= 15 is 0 Å². The van der Waals surface area contributed by atoms with E-state index in [4.69, 9.17) is 23.5 Å². The van der Waals surface area contributed by atoms with Crippen molar-refractivity contribution in [3.63, 3.8) is 0 Å². The van der Waals surface area contributed by atoms with Crippen LogP contribution < -0.4 is 24.8 Å². The number of carbonyl (C=O) groups excluding carboxylic acids is 3. The zero-order valence-corrected chi connectivity index (χ0v) is 19.7. The molecule has 2 N–H and O–H groups in total. The van der Waals surface area contributed by atoms with Gasteiger partial charge in [-0.2, -0.15) is 0 Å². The fourth-order valence-corrected chi connectivity index (χ4v) is 2.99. The van der Waals surface area contributed by atoms with Gasteiger partial charge in [-0.3, -0.25) is 10.1 Å². The molecule has 0 aliphatic heterocycles. The Morgan fingerprint density at radius 3 is 2.34 bits per heavy atom. The van der Waals surface area contributed by atoms with Gasteiger partial charge in [-0.25, -0.2) is 9.59 Å². The minimum Gasteiger partial charge on any atom is -0.497 e. The van der Waals surface area contributed by atoms with Crippen LogP contribution in [0.3, 0.4) is 0 Å². The first-order valence-corrected chi connectivity index (χ1v) is 10.4. The molecule has 0 radical (unpaired) electrons. The van der Waals surface area contributed by atoms with Crippen molar-refractivity contribution in [1.82, 2.24) is 10.5 Å². The number of esters is 1. The maximum Gasteiger partial charge on any atom is 0.338 e. The highest BCUT2D eigenvalue weighted by atomic mass is 16.5. The van der Waals surface area contributed by atoms with Crippen LogP contribution in [-0.4, -0.2) is 43.9 Å². The standard InChI is InChI=1S/C24H25N3O8/c1-14-19(15(2)35-27-14)12-33-20-10-5-16(11-21(20)32-4)23(29)34-13-22(28)26-24(30)25-17-6-8-18(31-3)9-7-17/h5-11H,12-13H2,1-4H3,(H2,25,26,28,30). The molecule has 0 saturated carbocycles. The van der Waals surface area contributed by atoms with E-state index in [-0.39, 0.29) is 12.2 Å².